The Morgan fingerprint density at radius 3 is 2.60 bits per heavy atom. The topological polar surface area (TPSA) is 75.9 Å². The molecule has 0 amide bonds. The van der Waals surface area contributed by atoms with Gasteiger partial charge in [-0.2, -0.15) is 18.2 Å². The number of halogens is 3. The SMILES string of the molecule is CNc1nc(NCc2ncc(C)o2)cc(C(F)(F)F)n1. The Bertz CT molecular complexity index is 596. The molecule has 0 radical (unpaired) electrons. The van der Waals surface area contributed by atoms with Gasteiger partial charge in [-0.1, -0.05) is 0 Å². The van der Waals surface area contributed by atoms with Crippen molar-refractivity contribution < 1.29 is 17.6 Å². The van der Waals surface area contributed by atoms with Crippen LogP contribution in [0, 0.1) is 6.92 Å². The van der Waals surface area contributed by atoms with Crippen molar-refractivity contribution in [2.24, 2.45) is 0 Å². The molecule has 0 aromatic carbocycles. The Balaban J connectivity index is 2.18. The standard InChI is InChI=1S/C11H12F3N5O/c1-6-4-17-9(20-6)5-16-8-3-7(11(12,13)14)18-10(15-2)19-8/h3-4H,5H2,1-2H3,(H2,15,16,18,19). The van der Waals surface area contributed by atoms with E-state index >= 15 is 0 Å². The largest absolute Gasteiger partial charge is 0.444 e. The number of aromatic nitrogens is 3. The summed E-state index contributed by atoms with van der Waals surface area (Å²) in [5.41, 5.74) is -1.03. The molecular weight excluding hydrogens is 275 g/mol. The number of oxazole rings is 1. The number of anilines is 2. The zero-order valence-electron chi connectivity index (χ0n) is 10.7. The molecule has 2 N–H and O–H groups in total. The summed E-state index contributed by atoms with van der Waals surface area (Å²) >= 11 is 0. The van der Waals surface area contributed by atoms with Crippen LogP contribution in [0.3, 0.4) is 0 Å². The summed E-state index contributed by atoms with van der Waals surface area (Å²) < 4.78 is 43.2. The van der Waals surface area contributed by atoms with E-state index in [1.165, 1.54) is 13.2 Å². The average Bonchev–Trinajstić information content (AvgIpc) is 2.81. The van der Waals surface area contributed by atoms with Gasteiger partial charge in [-0.15, -0.1) is 0 Å². The van der Waals surface area contributed by atoms with Crippen molar-refractivity contribution in [3.05, 3.63) is 29.6 Å². The maximum absolute atomic E-state index is 12.7. The number of nitrogens with zero attached hydrogens (tertiary/aromatic N) is 3. The molecule has 2 aromatic heterocycles. The minimum Gasteiger partial charge on any atom is -0.444 e. The van der Waals surface area contributed by atoms with E-state index in [4.69, 9.17) is 4.42 Å². The lowest BCUT2D eigenvalue weighted by Gasteiger charge is -2.10. The van der Waals surface area contributed by atoms with Crippen molar-refractivity contribution in [2.75, 3.05) is 17.7 Å². The van der Waals surface area contributed by atoms with Crippen LogP contribution < -0.4 is 10.6 Å². The first-order valence-corrected chi connectivity index (χ1v) is 5.67. The van der Waals surface area contributed by atoms with Crippen molar-refractivity contribution in [3.63, 3.8) is 0 Å². The Kier molecular flexibility index (Phi) is 3.77. The minimum absolute atomic E-state index is 0.0347. The van der Waals surface area contributed by atoms with Crippen LogP contribution in [0.15, 0.2) is 16.7 Å². The molecule has 0 aliphatic heterocycles. The fourth-order valence-electron chi connectivity index (χ4n) is 1.44. The van der Waals surface area contributed by atoms with E-state index in [1.807, 2.05) is 0 Å². The first-order chi connectivity index (χ1) is 9.38. The van der Waals surface area contributed by atoms with Crippen LogP contribution >= 0.6 is 0 Å². The Morgan fingerprint density at radius 2 is 2.05 bits per heavy atom. The average molecular weight is 287 g/mol. The molecule has 0 saturated carbocycles. The summed E-state index contributed by atoms with van der Waals surface area (Å²) in [7, 11) is 1.44. The quantitative estimate of drug-likeness (QED) is 0.899. The van der Waals surface area contributed by atoms with Crippen LogP contribution in [0.1, 0.15) is 17.3 Å². The number of alkyl halides is 3. The summed E-state index contributed by atoms with van der Waals surface area (Å²) in [4.78, 5) is 11.2. The second kappa shape index (κ2) is 5.35. The van der Waals surface area contributed by atoms with E-state index in [1.54, 1.807) is 6.92 Å². The number of hydrogen-bond acceptors (Lipinski definition) is 6. The van der Waals surface area contributed by atoms with Crippen LogP contribution in [0.5, 0.6) is 0 Å². The van der Waals surface area contributed by atoms with E-state index in [-0.39, 0.29) is 18.3 Å². The van der Waals surface area contributed by atoms with Crippen LogP contribution in [-0.2, 0) is 12.7 Å². The first kappa shape index (κ1) is 14.1. The van der Waals surface area contributed by atoms with Crippen LogP contribution in [0.25, 0.3) is 0 Å². The van der Waals surface area contributed by atoms with Gasteiger partial charge in [0.1, 0.15) is 11.6 Å². The summed E-state index contributed by atoms with van der Waals surface area (Å²) in [5.74, 6) is 0.899. The maximum Gasteiger partial charge on any atom is 0.433 e. The Morgan fingerprint density at radius 1 is 1.30 bits per heavy atom. The Labute approximate surface area is 112 Å². The number of nitrogens with one attached hydrogen (secondary N) is 2. The molecule has 0 spiro atoms. The Hall–Kier alpha value is -2.32. The molecule has 108 valence electrons. The van der Waals surface area contributed by atoms with Crippen molar-refractivity contribution >= 4 is 11.8 Å². The van der Waals surface area contributed by atoms with Crippen molar-refractivity contribution in [3.8, 4) is 0 Å². The van der Waals surface area contributed by atoms with Gasteiger partial charge < -0.3 is 15.1 Å². The molecule has 20 heavy (non-hydrogen) atoms. The smallest absolute Gasteiger partial charge is 0.433 e. The minimum atomic E-state index is -4.54. The third kappa shape index (κ3) is 3.37. The van der Waals surface area contributed by atoms with E-state index in [9.17, 15) is 13.2 Å². The lowest BCUT2D eigenvalue weighted by atomic mass is 10.3. The summed E-state index contributed by atoms with van der Waals surface area (Å²) in [6.45, 7) is 1.85. The highest BCUT2D eigenvalue weighted by atomic mass is 19.4. The molecule has 2 aromatic rings. The third-order valence-corrected chi connectivity index (χ3v) is 2.33. The number of rotatable bonds is 4. The maximum atomic E-state index is 12.7. The summed E-state index contributed by atoms with van der Waals surface area (Å²) in [5, 5.41) is 5.19. The lowest BCUT2D eigenvalue weighted by molar-refractivity contribution is -0.141. The van der Waals surface area contributed by atoms with Crippen LogP contribution in [0.4, 0.5) is 24.9 Å². The summed E-state index contributed by atoms with van der Waals surface area (Å²) in [6.07, 6.45) is -3.01. The van der Waals surface area contributed by atoms with Gasteiger partial charge >= 0.3 is 6.18 Å². The van der Waals surface area contributed by atoms with Crippen molar-refractivity contribution in [1.29, 1.82) is 0 Å². The van der Waals surface area contributed by atoms with Crippen LogP contribution in [0.2, 0.25) is 0 Å². The first-order valence-electron chi connectivity index (χ1n) is 5.67. The predicted molar refractivity (Wildman–Crippen MR) is 65.1 cm³/mol. The molecule has 0 aliphatic carbocycles. The number of hydrogen-bond donors (Lipinski definition) is 2. The zero-order valence-corrected chi connectivity index (χ0v) is 10.7. The molecule has 0 aliphatic rings. The van der Waals surface area contributed by atoms with Gasteiger partial charge in [0.25, 0.3) is 0 Å². The van der Waals surface area contributed by atoms with Gasteiger partial charge in [0, 0.05) is 13.1 Å². The molecular formula is C11H12F3N5O. The van der Waals surface area contributed by atoms with Gasteiger partial charge in [-0.05, 0) is 6.92 Å². The van der Waals surface area contributed by atoms with Gasteiger partial charge in [0.15, 0.2) is 5.69 Å². The monoisotopic (exact) mass is 287 g/mol. The predicted octanol–water partition coefficient (Wildman–Crippen LogP) is 2.45. The van der Waals surface area contributed by atoms with Gasteiger partial charge in [-0.3, -0.25) is 0 Å². The summed E-state index contributed by atoms with van der Waals surface area (Å²) in [6, 6.07) is 0.830. The second-order valence-electron chi connectivity index (χ2n) is 3.93. The zero-order chi connectivity index (χ0) is 14.8. The molecule has 9 heteroatoms. The molecule has 2 rings (SSSR count). The molecule has 2 heterocycles. The molecule has 0 unspecified atom stereocenters. The van der Waals surface area contributed by atoms with Crippen molar-refractivity contribution in [1.82, 2.24) is 15.0 Å². The van der Waals surface area contributed by atoms with Crippen molar-refractivity contribution in [2.45, 2.75) is 19.6 Å². The van der Waals surface area contributed by atoms with Crippen LogP contribution in [-0.4, -0.2) is 22.0 Å². The highest BCUT2D eigenvalue weighted by Crippen LogP contribution is 2.29. The van der Waals surface area contributed by atoms with E-state index in [0.29, 0.717) is 11.7 Å². The molecule has 0 atom stereocenters. The number of aryl methyl sites for hydroxylation is 1. The third-order valence-electron chi connectivity index (χ3n) is 2.33. The highest BCUT2D eigenvalue weighted by Gasteiger charge is 2.33. The van der Waals surface area contributed by atoms with Gasteiger partial charge in [0.2, 0.25) is 11.8 Å². The van der Waals surface area contributed by atoms with E-state index in [2.05, 4.69) is 25.6 Å². The lowest BCUT2D eigenvalue weighted by Crippen LogP contribution is -2.13. The van der Waals surface area contributed by atoms with E-state index in [0.717, 1.165) is 6.07 Å². The molecule has 6 nitrogen and oxygen atoms in total. The fraction of sp³-hybridized carbons (Fsp3) is 0.364. The molecule has 0 saturated heterocycles. The van der Waals surface area contributed by atoms with Gasteiger partial charge in [0.05, 0.1) is 12.7 Å². The van der Waals surface area contributed by atoms with E-state index < -0.39 is 11.9 Å². The fourth-order valence-corrected chi connectivity index (χ4v) is 1.44. The molecule has 0 bridgehead atoms. The normalized spacial score (nSPS) is 11.4. The second-order valence-corrected chi connectivity index (χ2v) is 3.93. The highest BCUT2D eigenvalue weighted by molar-refractivity contribution is 5.42. The van der Waals surface area contributed by atoms with Gasteiger partial charge in [-0.25, -0.2) is 9.97 Å². The molecule has 0 fully saturated rings.